The molecule has 2 aliphatic rings. The molecular formula is C10H19NO. The van der Waals surface area contributed by atoms with Gasteiger partial charge in [-0.05, 0) is 51.5 Å². The Kier molecular flexibility index (Phi) is 2.13. The minimum Gasteiger partial charge on any atom is -0.390 e. The molecule has 2 fully saturated rings. The van der Waals surface area contributed by atoms with E-state index in [1.165, 1.54) is 12.8 Å². The predicted molar refractivity (Wildman–Crippen MR) is 49.0 cm³/mol. The SMILES string of the molecule is CN[C@H]1CC[C@](O)(C2CC2)CC1. The van der Waals surface area contributed by atoms with Crippen molar-refractivity contribution in [3.05, 3.63) is 0 Å². The second-order valence-corrected chi connectivity index (χ2v) is 4.44. The average molecular weight is 169 g/mol. The lowest BCUT2D eigenvalue weighted by Crippen LogP contribution is -2.41. The lowest BCUT2D eigenvalue weighted by atomic mass is 9.79. The summed E-state index contributed by atoms with van der Waals surface area (Å²) < 4.78 is 0. The highest BCUT2D eigenvalue weighted by Gasteiger charge is 2.45. The number of hydrogen-bond donors (Lipinski definition) is 2. The van der Waals surface area contributed by atoms with Crippen LogP contribution in [0.5, 0.6) is 0 Å². The topological polar surface area (TPSA) is 32.3 Å². The maximum Gasteiger partial charge on any atom is 0.0677 e. The van der Waals surface area contributed by atoms with Crippen LogP contribution in [0.3, 0.4) is 0 Å². The third kappa shape index (κ3) is 1.50. The van der Waals surface area contributed by atoms with Crippen LogP contribution in [0.15, 0.2) is 0 Å². The molecule has 0 radical (unpaired) electrons. The van der Waals surface area contributed by atoms with Gasteiger partial charge in [-0.1, -0.05) is 0 Å². The zero-order valence-corrected chi connectivity index (χ0v) is 7.84. The Morgan fingerprint density at radius 3 is 2.17 bits per heavy atom. The highest BCUT2D eigenvalue weighted by Crippen LogP contribution is 2.46. The van der Waals surface area contributed by atoms with E-state index in [0.29, 0.717) is 12.0 Å². The van der Waals surface area contributed by atoms with Crippen molar-refractivity contribution in [2.24, 2.45) is 5.92 Å². The first-order chi connectivity index (χ1) is 5.74. The van der Waals surface area contributed by atoms with Crippen LogP contribution in [-0.2, 0) is 0 Å². The molecule has 0 aromatic rings. The molecule has 0 heterocycles. The van der Waals surface area contributed by atoms with Gasteiger partial charge in [0, 0.05) is 6.04 Å². The highest BCUT2D eigenvalue weighted by atomic mass is 16.3. The van der Waals surface area contributed by atoms with Gasteiger partial charge in [0.15, 0.2) is 0 Å². The lowest BCUT2D eigenvalue weighted by molar-refractivity contribution is -0.0229. The average Bonchev–Trinajstić information content (AvgIpc) is 2.88. The Hall–Kier alpha value is -0.0800. The normalized spacial score (nSPS) is 43.0. The Balaban J connectivity index is 1.87. The molecule has 0 amide bonds. The van der Waals surface area contributed by atoms with Crippen molar-refractivity contribution in [1.82, 2.24) is 5.32 Å². The van der Waals surface area contributed by atoms with Crippen LogP contribution in [-0.4, -0.2) is 23.8 Å². The van der Waals surface area contributed by atoms with Gasteiger partial charge < -0.3 is 10.4 Å². The Bertz CT molecular complexity index is 157. The maximum atomic E-state index is 10.2. The quantitative estimate of drug-likeness (QED) is 0.653. The summed E-state index contributed by atoms with van der Waals surface area (Å²) in [5.74, 6) is 0.648. The van der Waals surface area contributed by atoms with Gasteiger partial charge in [0.1, 0.15) is 0 Å². The van der Waals surface area contributed by atoms with Gasteiger partial charge in [-0.25, -0.2) is 0 Å². The summed E-state index contributed by atoms with van der Waals surface area (Å²) in [6, 6.07) is 0.657. The fourth-order valence-corrected chi connectivity index (χ4v) is 2.44. The summed E-state index contributed by atoms with van der Waals surface area (Å²) in [5.41, 5.74) is -0.270. The van der Waals surface area contributed by atoms with Gasteiger partial charge in [-0.2, -0.15) is 0 Å². The molecule has 70 valence electrons. The van der Waals surface area contributed by atoms with Crippen LogP contribution in [0.2, 0.25) is 0 Å². The lowest BCUT2D eigenvalue weighted by Gasteiger charge is -2.36. The number of rotatable bonds is 2. The van der Waals surface area contributed by atoms with E-state index in [9.17, 15) is 5.11 Å². The molecule has 2 nitrogen and oxygen atoms in total. The standard InChI is InChI=1S/C10H19NO/c1-11-9-4-6-10(12,7-5-9)8-2-3-8/h8-9,11-12H,2-7H2,1H3/t9-,10+. The molecule has 0 saturated heterocycles. The van der Waals surface area contributed by atoms with Crippen molar-refractivity contribution in [2.75, 3.05) is 7.05 Å². The van der Waals surface area contributed by atoms with E-state index in [1.807, 2.05) is 7.05 Å². The summed E-state index contributed by atoms with van der Waals surface area (Å²) in [5, 5.41) is 13.5. The Morgan fingerprint density at radius 1 is 1.17 bits per heavy atom. The van der Waals surface area contributed by atoms with Gasteiger partial charge in [0.05, 0.1) is 5.60 Å². The smallest absolute Gasteiger partial charge is 0.0677 e. The van der Waals surface area contributed by atoms with Crippen LogP contribution >= 0.6 is 0 Å². The highest BCUT2D eigenvalue weighted by molar-refractivity contribution is 4.98. The molecule has 0 aromatic heterocycles. The van der Waals surface area contributed by atoms with Crippen molar-refractivity contribution < 1.29 is 5.11 Å². The van der Waals surface area contributed by atoms with Crippen LogP contribution < -0.4 is 5.32 Å². The van der Waals surface area contributed by atoms with E-state index in [0.717, 1.165) is 25.7 Å². The summed E-state index contributed by atoms with van der Waals surface area (Å²) >= 11 is 0. The molecule has 2 heteroatoms. The molecule has 0 aliphatic heterocycles. The zero-order valence-electron chi connectivity index (χ0n) is 7.84. The maximum absolute atomic E-state index is 10.2. The van der Waals surface area contributed by atoms with Crippen molar-refractivity contribution in [3.63, 3.8) is 0 Å². The van der Waals surface area contributed by atoms with Crippen LogP contribution in [0, 0.1) is 5.92 Å². The molecule has 0 unspecified atom stereocenters. The second kappa shape index (κ2) is 3.00. The molecule has 0 atom stereocenters. The number of hydrogen-bond acceptors (Lipinski definition) is 2. The van der Waals surface area contributed by atoms with Gasteiger partial charge in [0.25, 0.3) is 0 Å². The molecule has 0 spiro atoms. The fraction of sp³-hybridized carbons (Fsp3) is 1.00. The summed E-state index contributed by atoms with van der Waals surface area (Å²) in [7, 11) is 2.02. The first-order valence-electron chi connectivity index (χ1n) is 5.14. The Morgan fingerprint density at radius 2 is 1.75 bits per heavy atom. The van der Waals surface area contributed by atoms with E-state index in [2.05, 4.69) is 5.32 Å². The molecular weight excluding hydrogens is 150 g/mol. The molecule has 0 aromatic carbocycles. The van der Waals surface area contributed by atoms with Crippen molar-refractivity contribution in [2.45, 2.75) is 50.2 Å². The minimum atomic E-state index is -0.270. The second-order valence-electron chi connectivity index (χ2n) is 4.44. The van der Waals surface area contributed by atoms with E-state index < -0.39 is 0 Å². The van der Waals surface area contributed by atoms with Gasteiger partial charge in [-0.15, -0.1) is 0 Å². The fourth-order valence-electron chi connectivity index (χ4n) is 2.44. The summed E-state index contributed by atoms with van der Waals surface area (Å²) in [6.07, 6.45) is 6.88. The van der Waals surface area contributed by atoms with Crippen LogP contribution in [0.4, 0.5) is 0 Å². The van der Waals surface area contributed by atoms with Crippen LogP contribution in [0.25, 0.3) is 0 Å². The van der Waals surface area contributed by atoms with E-state index in [-0.39, 0.29) is 5.60 Å². The van der Waals surface area contributed by atoms with Gasteiger partial charge >= 0.3 is 0 Å². The van der Waals surface area contributed by atoms with Crippen molar-refractivity contribution in [3.8, 4) is 0 Å². The van der Waals surface area contributed by atoms with Gasteiger partial charge in [-0.3, -0.25) is 0 Å². The number of nitrogens with one attached hydrogen (secondary N) is 1. The van der Waals surface area contributed by atoms with Gasteiger partial charge in [0.2, 0.25) is 0 Å². The van der Waals surface area contributed by atoms with Crippen molar-refractivity contribution >= 4 is 0 Å². The third-order valence-electron chi connectivity index (χ3n) is 3.60. The van der Waals surface area contributed by atoms with E-state index >= 15 is 0 Å². The third-order valence-corrected chi connectivity index (χ3v) is 3.60. The number of aliphatic hydroxyl groups is 1. The molecule has 2 saturated carbocycles. The molecule has 2 N–H and O–H groups in total. The van der Waals surface area contributed by atoms with E-state index in [1.54, 1.807) is 0 Å². The first kappa shape index (κ1) is 8.52. The molecule has 2 rings (SSSR count). The van der Waals surface area contributed by atoms with Crippen molar-refractivity contribution in [1.29, 1.82) is 0 Å². The monoisotopic (exact) mass is 169 g/mol. The zero-order chi connectivity index (χ0) is 8.60. The van der Waals surface area contributed by atoms with Crippen LogP contribution in [0.1, 0.15) is 38.5 Å². The molecule has 2 aliphatic carbocycles. The molecule has 0 bridgehead atoms. The largest absolute Gasteiger partial charge is 0.390 e. The minimum absolute atomic E-state index is 0.270. The first-order valence-corrected chi connectivity index (χ1v) is 5.14. The Labute approximate surface area is 74.4 Å². The predicted octanol–water partition coefficient (Wildman–Crippen LogP) is 1.29. The van der Waals surface area contributed by atoms with E-state index in [4.69, 9.17) is 0 Å². The molecule has 12 heavy (non-hydrogen) atoms. The summed E-state index contributed by atoms with van der Waals surface area (Å²) in [6.45, 7) is 0. The summed E-state index contributed by atoms with van der Waals surface area (Å²) in [4.78, 5) is 0.